The van der Waals surface area contributed by atoms with Gasteiger partial charge in [-0.2, -0.15) is 0 Å². The summed E-state index contributed by atoms with van der Waals surface area (Å²) >= 11 is 0. The van der Waals surface area contributed by atoms with Gasteiger partial charge in [-0.15, -0.1) is 10.2 Å². The van der Waals surface area contributed by atoms with Gasteiger partial charge in [-0.05, 0) is 19.9 Å². The zero-order chi connectivity index (χ0) is 15.1. The van der Waals surface area contributed by atoms with Gasteiger partial charge >= 0.3 is 0 Å². The number of rotatable bonds is 3. The zero-order valence-electron chi connectivity index (χ0n) is 11.3. The van der Waals surface area contributed by atoms with Crippen LogP contribution in [0.3, 0.4) is 0 Å². The lowest BCUT2D eigenvalue weighted by Gasteiger charge is -2.12. The van der Waals surface area contributed by atoms with Crippen molar-refractivity contribution in [3.05, 3.63) is 28.7 Å². The first kappa shape index (κ1) is 14.4. The molecule has 0 unspecified atom stereocenters. The van der Waals surface area contributed by atoms with Crippen LogP contribution in [0.15, 0.2) is 28.3 Å². The predicted octanol–water partition coefficient (Wildman–Crippen LogP) is -0.128. The molecule has 0 atom stereocenters. The van der Waals surface area contributed by atoms with Gasteiger partial charge < -0.3 is 4.57 Å². The van der Waals surface area contributed by atoms with Crippen LogP contribution < -0.4 is 10.7 Å². The molecule has 0 radical (unpaired) electrons. The van der Waals surface area contributed by atoms with E-state index >= 15 is 0 Å². The normalized spacial score (nSPS) is 12.1. The lowest BCUT2D eigenvalue weighted by molar-refractivity contribution is 0.524. The number of hydrogen-bond donors (Lipinski definition) is 1. The van der Waals surface area contributed by atoms with Crippen LogP contribution in [0, 0.1) is 0 Å². The van der Waals surface area contributed by atoms with E-state index in [4.69, 9.17) is 5.14 Å². The van der Waals surface area contributed by atoms with Gasteiger partial charge in [0, 0.05) is 30.9 Å². The summed E-state index contributed by atoms with van der Waals surface area (Å²) in [6, 6.07) is 2.81. The molecule has 0 amide bonds. The molecule has 8 nitrogen and oxygen atoms in total. The summed E-state index contributed by atoms with van der Waals surface area (Å²) in [6.45, 7) is 3.56. The average molecular weight is 297 g/mol. The van der Waals surface area contributed by atoms with Crippen molar-refractivity contribution in [2.75, 3.05) is 0 Å². The minimum absolute atomic E-state index is 0.224. The molecule has 0 spiro atoms. The largest absolute Gasteiger partial charge is 0.319 e. The first-order valence-electron chi connectivity index (χ1n) is 5.86. The Labute approximate surface area is 115 Å². The SMILES string of the molecule is CC(C)n1c(-c2ccn(C)c(=O)c2)nnc1S(N)(=O)=O. The summed E-state index contributed by atoms with van der Waals surface area (Å²) < 4.78 is 25.8. The Kier molecular flexibility index (Phi) is 3.48. The molecule has 108 valence electrons. The second-order valence-electron chi connectivity index (χ2n) is 4.68. The van der Waals surface area contributed by atoms with Gasteiger partial charge in [-0.25, -0.2) is 13.6 Å². The van der Waals surface area contributed by atoms with Crippen LogP contribution in [0.2, 0.25) is 0 Å². The van der Waals surface area contributed by atoms with Crippen molar-refractivity contribution in [3.63, 3.8) is 0 Å². The number of nitrogens with zero attached hydrogens (tertiary/aromatic N) is 4. The molecule has 20 heavy (non-hydrogen) atoms. The molecule has 0 aliphatic rings. The zero-order valence-corrected chi connectivity index (χ0v) is 12.1. The van der Waals surface area contributed by atoms with E-state index in [0.29, 0.717) is 11.4 Å². The van der Waals surface area contributed by atoms with Gasteiger partial charge in [0.05, 0.1) is 0 Å². The Hall–Kier alpha value is -2.00. The number of pyridine rings is 1. The molecule has 0 aliphatic heterocycles. The summed E-state index contributed by atoms with van der Waals surface area (Å²) in [6.07, 6.45) is 1.58. The average Bonchev–Trinajstić information content (AvgIpc) is 2.77. The number of aromatic nitrogens is 4. The fourth-order valence-corrected chi connectivity index (χ4v) is 2.55. The quantitative estimate of drug-likeness (QED) is 0.848. The highest BCUT2D eigenvalue weighted by molar-refractivity contribution is 7.89. The standard InChI is InChI=1S/C11H15N5O3S/c1-7(2)16-10(13-14-11(16)20(12,18)19)8-4-5-15(3)9(17)6-8/h4-7H,1-3H3,(H2,12,18,19). The second kappa shape index (κ2) is 4.84. The smallest absolute Gasteiger partial charge is 0.273 e. The second-order valence-corrected chi connectivity index (χ2v) is 6.13. The van der Waals surface area contributed by atoms with Gasteiger partial charge in [0.2, 0.25) is 0 Å². The molecule has 0 saturated carbocycles. The van der Waals surface area contributed by atoms with Crippen molar-refractivity contribution in [2.45, 2.75) is 25.0 Å². The van der Waals surface area contributed by atoms with Crippen molar-refractivity contribution in [1.29, 1.82) is 0 Å². The van der Waals surface area contributed by atoms with E-state index in [1.165, 1.54) is 15.2 Å². The van der Waals surface area contributed by atoms with Crippen molar-refractivity contribution in [2.24, 2.45) is 12.2 Å². The first-order valence-corrected chi connectivity index (χ1v) is 7.41. The minimum Gasteiger partial charge on any atom is -0.319 e. The van der Waals surface area contributed by atoms with E-state index in [0.717, 1.165) is 0 Å². The molecule has 0 fully saturated rings. The Morgan fingerprint density at radius 3 is 2.45 bits per heavy atom. The minimum atomic E-state index is -3.98. The molecule has 2 heterocycles. The number of nitrogens with two attached hydrogens (primary N) is 1. The fraction of sp³-hybridized carbons (Fsp3) is 0.364. The van der Waals surface area contributed by atoms with Crippen LogP contribution in [-0.4, -0.2) is 27.7 Å². The van der Waals surface area contributed by atoms with Gasteiger partial charge in [0.15, 0.2) is 5.82 Å². The molecule has 9 heteroatoms. The van der Waals surface area contributed by atoms with Crippen LogP contribution in [-0.2, 0) is 17.1 Å². The Morgan fingerprint density at radius 1 is 1.30 bits per heavy atom. The molecular weight excluding hydrogens is 282 g/mol. The van der Waals surface area contributed by atoms with Crippen molar-refractivity contribution in [1.82, 2.24) is 19.3 Å². The van der Waals surface area contributed by atoms with E-state index in [1.807, 2.05) is 0 Å². The lowest BCUT2D eigenvalue weighted by Crippen LogP contribution is -2.20. The monoisotopic (exact) mass is 297 g/mol. The molecule has 2 N–H and O–H groups in total. The maximum Gasteiger partial charge on any atom is 0.273 e. The summed E-state index contributed by atoms with van der Waals surface area (Å²) in [4.78, 5) is 11.7. The number of hydrogen-bond acceptors (Lipinski definition) is 5. The van der Waals surface area contributed by atoms with E-state index in [1.54, 1.807) is 33.2 Å². The van der Waals surface area contributed by atoms with Gasteiger partial charge in [-0.3, -0.25) is 9.36 Å². The molecule has 0 saturated heterocycles. The van der Waals surface area contributed by atoms with E-state index in [2.05, 4.69) is 10.2 Å². The van der Waals surface area contributed by atoms with Crippen LogP contribution in [0.1, 0.15) is 19.9 Å². The third-order valence-electron chi connectivity index (χ3n) is 2.80. The van der Waals surface area contributed by atoms with Gasteiger partial charge in [-0.1, -0.05) is 0 Å². The van der Waals surface area contributed by atoms with E-state index in [9.17, 15) is 13.2 Å². The van der Waals surface area contributed by atoms with Crippen LogP contribution in [0.4, 0.5) is 0 Å². The molecular formula is C11H15N5O3S. The van der Waals surface area contributed by atoms with Crippen molar-refractivity contribution >= 4 is 10.0 Å². The summed E-state index contributed by atoms with van der Waals surface area (Å²) in [5.41, 5.74) is 0.266. The number of aryl methyl sites for hydroxylation is 1. The lowest BCUT2D eigenvalue weighted by atomic mass is 10.2. The molecule has 2 aromatic rings. The topological polar surface area (TPSA) is 113 Å². The summed E-state index contributed by atoms with van der Waals surface area (Å²) in [7, 11) is -2.36. The van der Waals surface area contributed by atoms with Crippen molar-refractivity contribution < 1.29 is 8.42 Å². The first-order chi connectivity index (χ1) is 9.21. The summed E-state index contributed by atoms with van der Waals surface area (Å²) in [5.74, 6) is 0.293. The summed E-state index contributed by atoms with van der Waals surface area (Å²) in [5, 5.41) is 12.3. The highest BCUT2D eigenvalue weighted by Crippen LogP contribution is 2.22. The predicted molar refractivity (Wildman–Crippen MR) is 72.5 cm³/mol. The molecule has 0 aromatic carbocycles. The Balaban J connectivity index is 2.72. The van der Waals surface area contributed by atoms with Gasteiger partial charge in [0.1, 0.15) is 0 Å². The highest BCUT2D eigenvalue weighted by Gasteiger charge is 2.23. The Morgan fingerprint density at radius 2 is 1.95 bits per heavy atom. The maximum absolute atomic E-state index is 11.7. The Bertz CT molecular complexity index is 804. The van der Waals surface area contributed by atoms with Gasteiger partial charge in [0.25, 0.3) is 20.7 Å². The molecule has 0 bridgehead atoms. The highest BCUT2D eigenvalue weighted by atomic mass is 32.2. The molecule has 2 rings (SSSR count). The van der Waals surface area contributed by atoms with E-state index < -0.39 is 10.0 Å². The molecule has 0 aliphatic carbocycles. The van der Waals surface area contributed by atoms with Crippen LogP contribution in [0.5, 0.6) is 0 Å². The molecule has 2 aromatic heterocycles. The fourth-order valence-electron chi connectivity index (χ4n) is 1.82. The van der Waals surface area contributed by atoms with Crippen LogP contribution in [0.25, 0.3) is 11.4 Å². The number of sulfonamides is 1. The van der Waals surface area contributed by atoms with Crippen LogP contribution >= 0.6 is 0 Å². The third-order valence-corrected chi connectivity index (χ3v) is 3.59. The van der Waals surface area contributed by atoms with E-state index in [-0.39, 0.29) is 16.8 Å². The maximum atomic E-state index is 11.7. The third kappa shape index (κ3) is 2.49. The van der Waals surface area contributed by atoms with Crippen molar-refractivity contribution in [3.8, 4) is 11.4 Å². The number of primary sulfonamides is 1.